The van der Waals surface area contributed by atoms with Crippen LogP contribution >= 0.6 is 0 Å². The molecule has 2 rings (SSSR count). The van der Waals surface area contributed by atoms with Gasteiger partial charge in [-0.3, -0.25) is 4.79 Å². The minimum Gasteiger partial charge on any atom is -0.341 e. The van der Waals surface area contributed by atoms with Crippen molar-refractivity contribution in [3.05, 3.63) is 18.2 Å². The van der Waals surface area contributed by atoms with Crippen LogP contribution < -0.4 is 5.32 Å². The molecule has 1 aromatic rings. The van der Waals surface area contributed by atoms with Crippen LogP contribution in [0.4, 0.5) is 0 Å². The van der Waals surface area contributed by atoms with Crippen molar-refractivity contribution in [2.75, 3.05) is 20.1 Å². The topological polar surface area (TPSA) is 61.0 Å². The number of aromatic amines is 1. The Morgan fingerprint density at radius 3 is 2.75 bits per heavy atom. The number of hydrogen-bond acceptors (Lipinski definition) is 3. The van der Waals surface area contributed by atoms with Gasteiger partial charge in [0, 0.05) is 18.6 Å². The molecular weight excluding hydrogens is 204 g/mol. The van der Waals surface area contributed by atoms with E-state index in [2.05, 4.69) is 22.2 Å². The first-order chi connectivity index (χ1) is 7.64. The molecule has 2 heterocycles. The van der Waals surface area contributed by atoms with Crippen LogP contribution in [0.2, 0.25) is 0 Å². The van der Waals surface area contributed by atoms with Gasteiger partial charge in [0.05, 0.1) is 12.5 Å². The Hall–Kier alpha value is -1.36. The summed E-state index contributed by atoms with van der Waals surface area (Å²) in [5.41, 5.74) is 0.748. The van der Waals surface area contributed by atoms with E-state index < -0.39 is 0 Å². The Kier molecular flexibility index (Phi) is 2.96. The van der Waals surface area contributed by atoms with Gasteiger partial charge < -0.3 is 15.2 Å². The monoisotopic (exact) mass is 222 g/mol. The van der Waals surface area contributed by atoms with E-state index in [0.717, 1.165) is 25.9 Å². The van der Waals surface area contributed by atoms with Crippen molar-refractivity contribution >= 4 is 5.91 Å². The predicted molar refractivity (Wildman–Crippen MR) is 61.2 cm³/mol. The van der Waals surface area contributed by atoms with Crippen molar-refractivity contribution in [2.45, 2.75) is 25.3 Å². The number of piperidine rings is 1. The van der Waals surface area contributed by atoms with Crippen LogP contribution in [0.3, 0.4) is 0 Å². The van der Waals surface area contributed by atoms with E-state index in [0.29, 0.717) is 5.69 Å². The minimum atomic E-state index is 0.0515. The van der Waals surface area contributed by atoms with E-state index in [1.807, 2.05) is 11.9 Å². The fourth-order valence-electron chi connectivity index (χ4n) is 2.00. The molecule has 1 aliphatic heterocycles. The van der Waals surface area contributed by atoms with Crippen molar-refractivity contribution in [2.24, 2.45) is 0 Å². The summed E-state index contributed by atoms with van der Waals surface area (Å²) in [6.45, 7) is 3.80. The number of carbonyl (C=O) groups excluding carboxylic acids is 1. The highest BCUT2D eigenvalue weighted by atomic mass is 16.2. The van der Waals surface area contributed by atoms with Gasteiger partial charge in [0.15, 0.2) is 0 Å². The summed E-state index contributed by atoms with van der Waals surface area (Å²) < 4.78 is 0. The second kappa shape index (κ2) is 4.25. The smallest absolute Gasteiger partial charge is 0.271 e. The number of imidazole rings is 1. The highest BCUT2D eigenvalue weighted by Gasteiger charge is 2.30. The van der Waals surface area contributed by atoms with Gasteiger partial charge in [-0.2, -0.15) is 0 Å². The van der Waals surface area contributed by atoms with Crippen LogP contribution in [-0.4, -0.2) is 46.5 Å². The van der Waals surface area contributed by atoms with Crippen LogP contribution in [0.5, 0.6) is 0 Å². The number of H-pyrrole nitrogens is 1. The molecule has 1 aromatic heterocycles. The highest BCUT2D eigenvalue weighted by molar-refractivity contribution is 5.92. The first-order valence-corrected chi connectivity index (χ1v) is 5.61. The zero-order valence-electron chi connectivity index (χ0n) is 9.79. The molecule has 0 atom stereocenters. The first kappa shape index (κ1) is 11.1. The molecule has 16 heavy (non-hydrogen) atoms. The summed E-state index contributed by atoms with van der Waals surface area (Å²) in [6.07, 6.45) is 5.09. The Balaban J connectivity index is 1.97. The van der Waals surface area contributed by atoms with Gasteiger partial charge in [-0.1, -0.05) is 0 Å². The number of rotatable bonds is 2. The number of carbonyl (C=O) groups is 1. The first-order valence-electron chi connectivity index (χ1n) is 5.61. The van der Waals surface area contributed by atoms with Crippen LogP contribution in [0, 0.1) is 0 Å². The number of hydrogen-bond donors (Lipinski definition) is 2. The normalized spacial score (nSPS) is 19.8. The molecule has 0 aromatic carbocycles. The Morgan fingerprint density at radius 2 is 2.25 bits per heavy atom. The lowest BCUT2D eigenvalue weighted by Gasteiger charge is -2.39. The second-order valence-corrected chi connectivity index (χ2v) is 4.57. The molecule has 1 saturated heterocycles. The van der Waals surface area contributed by atoms with Gasteiger partial charge in [-0.25, -0.2) is 4.98 Å². The van der Waals surface area contributed by atoms with Gasteiger partial charge in [0.1, 0.15) is 5.69 Å². The summed E-state index contributed by atoms with van der Waals surface area (Å²) in [4.78, 5) is 20.6. The van der Waals surface area contributed by atoms with Crippen LogP contribution in [0.15, 0.2) is 12.5 Å². The minimum absolute atomic E-state index is 0.0515. The molecule has 0 radical (unpaired) electrons. The molecule has 0 saturated carbocycles. The summed E-state index contributed by atoms with van der Waals surface area (Å²) in [5, 5.41) is 3.32. The van der Waals surface area contributed by atoms with E-state index in [1.54, 1.807) is 6.20 Å². The molecule has 0 unspecified atom stereocenters. The number of likely N-dealkylation sites (tertiary alicyclic amines) is 1. The van der Waals surface area contributed by atoms with Crippen molar-refractivity contribution in [1.29, 1.82) is 0 Å². The number of nitrogens with zero attached hydrogens (tertiary/aromatic N) is 2. The van der Waals surface area contributed by atoms with E-state index in [4.69, 9.17) is 0 Å². The molecule has 1 fully saturated rings. The summed E-state index contributed by atoms with van der Waals surface area (Å²) >= 11 is 0. The molecule has 1 amide bonds. The maximum Gasteiger partial charge on any atom is 0.271 e. The van der Waals surface area contributed by atoms with Gasteiger partial charge in [0.2, 0.25) is 0 Å². The van der Waals surface area contributed by atoms with Crippen molar-refractivity contribution in [3.8, 4) is 0 Å². The van der Waals surface area contributed by atoms with Crippen LogP contribution in [0.25, 0.3) is 0 Å². The fourth-order valence-corrected chi connectivity index (χ4v) is 2.00. The zero-order valence-corrected chi connectivity index (χ0v) is 9.79. The van der Waals surface area contributed by atoms with Gasteiger partial charge in [-0.05, 0) is 26.8 Å². The van der Waals surface area contributed by atoms with Crippen molar-refractivity contribution in [1.82, 2.24) is 20.2 Å². The van der Waals surface area contributed by atoms with E-state index in [-0.39, 0.29) is 11.4 Å². The number of aromatic nitrogens is 2. The van der Waals surface area contributed by atoms with Crippen molar-refractivity contribution in [3.63, 3.8) is 0 Å². The SMILES string of the molecule is CNC1(C)CCN(C(=O)c2cnc[nH]2)CC1. The third-order valence-corrected chi connectivity index (χ3v) is 3.49. The zero-order chi connectivity index (χ0) is 11.6. The number of nitrogens with one attached hydrogen (secondary N) is 2. The Morgan fingerprint density at radius 1 is 1.56 bits per heavy atom. The molecular formula is C11H18N4O. The Labute approximate surface area is 95.2 Å². The Bertz CT molecular complexity index is 352. The number of amides is 1. The molecule has 88 valence electrons. The largest absolute Gasteiger partial charge is 0.341 e. The van der Waals surface area contributed by atoms with E-state index >= 15 is 0 Å². The molecule has 0 aliphatic carbocycles. The molecule has 5 nitrogen and oxygen atoms in total. The average molecular weight is 222 g/mol. The molecule has 5 heteroatoms. The maximum atomic E-state index is 12.0. The summed E-state index contributed by atoms with van der Waals surface area (Å²) in [6, 6.07) is 0. The molecule has 2 N–H and O–H groups in total. The molecule has 1 aliphatic rings. The van der Waals surface area contributed by atoms with E-state index in [9.17, 15) is 4.79 Å². The lowest BCUT2D eigenvalue weighted by atomic mass is 9.90. The third-order valence-electron chi connectivity index (χ3n) is 3.49. The molecule has 0 spiro atoms. The van der Waals surface area contributed by atoms with Crippen LogP contribution in [-0.2, 0) is 0 Å². The lowest BCUT2D eigenvalue weighted by molar-refractivity contribution is 0.0656. The van der Waals surface area contributed by atoms with Crippen LogP contribution in [0.1, 0.15) is 30.3 Å². The van der Waals surface area contributed by atoms with Crippen molar-refractivity contribution < 1.29 is 4.79 Å². The van der Waals surface area contributed by atoms with Gasteiger partial charge >= 0.3 is 0 Å². The maximum absolute atomic E-state index is 12.0. The fraction of sp³-hybridized carbons (Fsp3) is 0.636. The molecule has 0 bridgehead atoms. The van der Waals surface area contributed by atoms with Gasteiger partial charge in [-0.15, -0.1) is 0 Å². The lowest BCUT2D eigenvalue weighted by Crippen LogP contribution is -2.51. The highest BCUT2D eigenvalue weighted by Crippen LogP contribution is 2.21. The summed E-state index contributed by atoms with van der Waals surface area (Å²) in [7, 11) is 1.98. The standard InChI is InChI=1S/C11H18N4O/c1-11(12-2)3-5-15(6-4-11)10(16)9-7-13-8-14-9/h7-8,12H,3-6H2,1-2H3,(H,13,14). The van der Waals surface area contributed by atoms with E-state index in [1.165, 1.54) is 6.33 Å². The third kappa shape index (κ3) is 2.09. The summed E-state index contributed by atoms with van der Waals surface area (Å²) in [5.74, 6) is 0.0515. The average Bonchev–Trinajstić information content (AvgIpc) is 2.83. The van der Waals surface area contributed by atoms with Gasteiger partial charge in [0.25, 0.3) is 5.91 Å². The second-order valence-electron chi connectivity index (χ2n) is 4.57. The predicted octanol–water partition coefficient (Wildman–Crippen LogP) is 0.624. The quantitative estimate of drug-likeness (QED) is 0.771.